The molecule has 4 nitrogen and oxygen atoms in total. The van der Waals surface area contributed by atoms with E-state index >= 15 is 0 Å². The Hall–Kier alpha value is -2.41. The molecule has 2 aromatic heterocycles. The van der Waals surface area contributed by atoms with E-state index in [0.29, 0.717) is 17.9 Å². The van der Waals surface area contributed by atoms with Crippen LogP contribution in [-0.4, -0.2) is 9.97 Å². The molecule has 0 spiro atoms. The molecule has 0 aromatic carbocycles. The van der Waals surface area contributed by atoms with Crippen LogP contribution < -0.4 is 4.74 Å². The Labute approximate surface area is 93.2 Å². The second-order valence-electron chi connectivity index (χ2n) is 3.09. The van der Waals surface area contributed by atoms with Crippen molar-refractivity contribution in [1.29, 1.82) is 5.26 Å². The van der Waals surface area contributed by atoms with Crippen molar-refractivity contribution in [3.05, 3.63) is 54.1 Å². The first-order chi connectivity index (χ1) is 7.90. The Bertz CT molecular complexity index is 505. The van der Waals surface area contributed by atoms with Gasteiger partial charge in [0.25, 0.3) is 0 Å². The maximum Gasteiger partial charge on any atom is 0.155 e. The highest BCUT2D eigenvalue weighted by atomic mass is 16.5. The van der Waals surface area contributed by atoms with Gasteiger partial charge in [0.05, 0.1) is 17.5 Å². The summed E-state index contributed by atoms with van der Waals surface area (Å²) in [7, 11) is 0. The van der Waals surface area contributed by atoms with Crippen molar-refractivity contribution in [3.63, 3.8) is 0 Å². The van der Waals surface area contributed by atoms with E-state index in [-0.39, 0.29) is 0 Å². The molecule has 0 N–H and O–H groups in total. The zero-order chi connectivity index (χ0) is 11.2. The molecule has 0 atom stereocenters. The normalized spacial score (nSPS) is 9.44. The highest BCUT2D eigenvalue weighted by Crippen LogP contribution is 2.15. The van der Waals surface area contributed by atoms with Crippen LogP contribution in [0.3, 0.4) is 0 Å². The summed E-state index contributed by atoms with van der Waals surface area (Å²) in [6, 6.07) is 9.26. The molecular weight excluding hydrogens is 202 g/mol. The highest BCUT2D eigenvalue weighted by Gasteiger charge is 2.02. The molecule has 16 heavy (non-hydrogen) atoms. The third kappa shape index (κ3) is 2.34. The fourth-order valence-corrected chi connectivity index (χ4v) is 1.22. The molecule has 78 valence electrons. The van der Waals surface area contributed by atoms with Crippen LogP contribution in [0.2, 0.25) is 0 Å². The topological polar surface area (TPSA) is 58.8 Å². The van der Waals surface area contributed by atoms with E-state index in [4.69, 9.17) is 10.00 Å². The quantitative estimate of drug-likeness (QED) is 0.778. The Morgan fingerprint density at radius 3 is 2.94 bits per heavy atom. The van der Waals surface area contributed by atoms with Gasteiger partial charge in [0, 0.05) is 12.4 Å². The SMILES string of the molecule is N#Cc1ccncc1OCc1ccccn1. The molecule has 0 radical (unpaired) electrons. The molecule has 0 saturated carbocycles. The molecule has 0 fully saturated rings. The van der Waals surface area contributed by atoms with Gasteiger partial charge in [0.1, 0.15) is 12.7 Å². The summed E-state index contributed by atoms with van der Waals surface area (Å²) in [6.45, 7) is 0.335. The Morgan fingerprint density at radius 2 is 2.19 bits per heavy atom. The maximum absolute atomic E-state index is 8.84. The van der Waals surface area contributed by atoms with Crippen LogP contribution in [0, 0.1) is 11.3 Å². The molecule has 2 aromatic rings. The number of hydrogen-bond acceptors (Lipinski definition) is 4. The molecular formula is C12H9N3O. The molecule has 4 heteroatoms. The fourth-order valence-electron chi connectivity index (χ4n) is 1.22. The van der Waals surface area contributed by atoms with Crippen molar-refractivity contribution in [3.8, 4) is 11.8 Å². The highest BCUT2D eigenvalue weighted by molar-refractivity contribution is 5.40. The lowest BCUT2D eigenvalue weighted by Crippen LogP contribution is -1.99. The fraction of sp³-hybridized carbons (Fsp3) is 0.0833. The number of rotatable bonds is 3. The molecule has 2 rings (SSSR count). The van der Waals surface area contributed by atoms with Gasteiger partial charge in [0.2, 0.25) is 0 Å². The van der Waals surface area contributed by atoms with Crippen molar-refractivity contribution in [1.82, 2.24) is 9.97 Å². The number of aromatic nitrogens is 2. The van der Waals surface area contributed by atoms with Crippen LogP contribution >= 0.6 is 0 Å². The molecule has 0 saturated heterocycles. The number of pyridine rings is 2. The first-order valence-electron chi connectivity index (χ1n) is 4.77. The summed E-state index contributed by atoms with van der Waals surface area (Å²) in [6.07, 6.45) is 4.79. The predicted molar refractivity (Wildman–Crippen MR) is 57.5 cm³/mol. The summed E-state index contributed by atoms with van der Waals surface area (Å²) in [5.41, 5.74) is 1.29. The van der Waals surface area contributed by atoms with Gasteiger partial charge in [-0.3, -0.25) is 9.97 Å². The minimum absolute atomic E-state index is 0.335. The van der Waals surface area contributed by atoms with E-state index in [2.05, 4.69) is 9.97 Å². The van der Waals surface area contributed by atoms with Crippen LogP contribution in [0.1, 0.15) is 11.3 Å². The Morgan fingerprint density at radius 1 is 1.25 bits per heavy atom. The molecule has 0 aliphatic carbocycles. The number of hydrogen-bond donors (Lipinski definition) is 0. The van der Waals surface area contributed by atoms with Gasteiger partial charge in [-0.2, -0.15) is 5.26 Å². The second-order valence-corrected chi connectivity index (χ2v) is 3.09. The lowest BCUT2D eigenvalue weighted by Gasteiger charge is -2.05. The smallest absolute Gasteiger partial charge is 0.155 e. The first-order valence-corrected chi connectivity index (χ1v) is 4.77. The standard InChI is InChI=1S/C12H9N3O/c13-7-10-4-6-14-8-12(10)16-9-11-3-1-2-5-15-11/h1-6,8H,9H2. The van der Waals surface area contributed by atoms with E-state index in [1.54, 1.807) is 18.5 Å². The van der Waals surface area contributed by atoms with Crippen LogP contribution in [0.25, 0.3) is 0 Å². The van der Waals surface area contributed by atoms with Gasteiger partial charge in [-0.25, -0.2) is 0 Å². The van der Waals surface area contributed by atoms with Crippen molar-refractivity contribution >= 4 is 0 Å². The second kappa shape index (κ2) is 4.89. The monoisotopic (exact) mass is 211 g/mol. The number of nitriles is 1. The maximum atomic E-state index is 8.84. The third-order valence-electron chi connectivity index (χ3n) is 2.01. The van der Waals surface area contributed by atoms with Gasteiger partial charge >= 0.3 is 0 Å². The summed E-state index contributed by atoms with van der Waals surface area (Å²) in [4.78, 5) is 8.03. The average Bonchev–Trinajstić information content (AvgIpc) is 2.38. The third-order valence-corrected chi connectivity index (χ3v) is 2.01. The number of nitrogens with zero attached hydrogens (tertiary/aromatic N) is 3. The van der Waals surface area contributed by atoms with E-state index in [9.17, 15) is 0 Å². The minimum atomic E-state index is 0.335. The predicted octanol–water partition coefficient (Wildman–Crippen LogP) is 1.93. The van der Waals surface area contributed by atoms with Gasteiger partial charge in [-0.05, 0) is 18.2 Å². The average molecular weight is 211 g/mol. The Balaban J connectivity index is 2.09. The van der Waals surface area contributed by atoms with Crippen LogP contribution in [0.4, 0.5) is 0 Å². The summed E-state index contributed by atoms with van der Waals surface area (Å²) < 4.78 is 5.47. The van der Waals surface area contributed by atoms with Crippen molar-refractivity contribution < 1.29 is 4.74 Å². The molecule has 0 aliphatic rings. The minimum Gasteiger partial charge on any atom is -0.484 e. The van der Waals surface area contributed by atoms with Gasteiger partial charge in [-0.1, -0.05) is 6.07 Å². The molecule has 2 heterocycles. The van der Waals surface area contributed by atoms with Gasteiger partial charge in [0.15, 0.2) is 5.75 Å². The summed E-state index contributed by atoms with van der Waals surface area (Å²) in [5.74, 6) is 0.482. The van der Waals surface area contributed by atoms with E-state index in [0.717, 1.165) is 5.69 Å². The lowest BCUT2D eigenvalue weighted by molar-refractivity contribution is 0.299. The zero-order valence-electron chi connectivity index (χ0n) is 8.50. The van der Waals surface area contributed by atoms with Gasteiger partial charge in [-0.15, -0.1) is 0 Å². The van der Waals surface area contributed by atoms with Crippen LogP contribution in [0.5, 0.6) is 5.75 Å². The van der Waals surface area contributed by atoms with E-state index in [1.165, 1.54) is 6.20 Å². The van der Waals surface area contributed by atoms with Crippen molar-refractivity contribution in [2.24, 2.45) is 0 Å². The van der Waals surface area contributed by atoms with E-state index < -0.39 is 0 Å². The molecule has 0 amide bonds. The van der Waals surface area contributed by atoms with Crippen molar-refractivity contribution in [2.75, 3.05) is 0 Å². The summed E-state index contributed by atoms with van der Waals surface area (Å²) >= 11 is 0. The molecule has 0 aliphatic heterocycles. The van der Waals surface area contributed by atoms with Crippen molar-refractivity contribution in [2.45, 2.75) is 6.61 Å². The Kier molecular flexibility index (Phi) is 3.10. The molecule has 0 unspecified atom stereocenters. The summed E-state index contributed by atoms with van der Waals surface area (Å²) in [5, 5.41) is 8.84. The lowest BCUT2D eigenvalue weighted by atomic mass is 10.3. The number of ether oxygens (including phenoxy) is 1. The van der Waals surface area contributed by atoms with Crippen LogP contribution in [0.15, 0.2) is 42.9 Å². The van der Waals surface area contributed by atoms with Gasteiger partial charge < -0.3 is 4.74 Å². The van der Waals surface area contributed by atoms with E-state index in [1.807, 2.05) is 24.3 Å². The first kappa shape index (κ1) is 10.1. The molecule has 0 bridgehead atoms. The largest absolute Gasteiger partial charge is 0.484 e. The van der Waals surface area contributed by atoms with Crippen LogP contribution in [-0.2, 0) is 6.61 Å². The zero-order valence-corrected chi connectivity index (χ0v) is 8.50.